The summed E-state index contributed by atoms with van der Waals surface area (Å²) in [5.41, 5.74) is 3.58. The average Bonchev–Trinajstić information content (AvgIpc) is 3.75. The summed E-state index contributed by atoms with van der Waals surface area (Å²) in [6.07, 6.45) is 4.11. The maximum absolute atomic E-state index is 14.5. The van der Waals surface area contributed by atoms with Crippen LogP contribution in [-0.2, 0) is 4.79 Å². The second-order valence-corrected chi connectivity index (χ2v) is 13.2. The Morgan fingerprint density at radius 3 is 2.69 bits per heavy atom. The summed E-state index contributed by atoms with van der Waals surface area (Å²) in [6, 6.07) is 11.0. The quantitative estimate of drug-likeness (QED) is 0.194. The summed E-state index contributed by atoms with van der Waals surface area (Å²) in [5.74, 6) is 1.22. The van der Waals surface area contributed by atoms with Gasteiger partial charge in [-0.25, -0.2) is 19.3 Å². The number of thiazole rings is 1. The summed E-state index contributed by atoms with van der Waals surface area (Å²) in [5, 5.41) is 6.96. The zero-order valence-electron chi connectivity index (χ0n) is 26.9. The number of carbonyl (C=O) groups is 2. The van der Waals surface area contributed by atoms with Crippen LogP contribution in [0.4, 0.5) is 32.5 Å². The molecular weight excluding hydrogens is 655 g/mol. The number of rotatable bonds is 9. The standard InChI is InChI=1S/C34H36ClFN8O3S/c1-5-29(45)43-13-14-44(21(3)18-43)32-26(42-12-11-23(36)19-42)15-22(16-37-32)25-9-10-27(47-4)31(39-25)41-34-38-17-28(48-34)33(46)40-30-20(2)7-6-8-24(30)35/h5-10,15-17,21,23H,1,11-14,18-19H2,2-4H3,(H,40,46)(H,38,39,41)/t21-,23-/m0/s1. The number of para-hydroxylation sites is 1. The molecule has 2 saturated heterocycles. The van der Waals surface area contributed by atoms with Crippen LogP contribution in [-0.4, -0.2) is 83.7 Å². The van der Waals surface area contributed by atoms with Gasteiger partial charge in [-0.05, 0) is 56.2 Å². The fourth-order valence-electron chi connectivity index (χ4n) is 5.94. The number of hydrogen-bond acceptors (Lipinski definition) is 10. The second kappa shape index (κ2) is 14.2. The van der Waals surface area contributed by atoms with Crippen molar-refractivity contribution in [1.82, 2.24) is 19.9 Å². The molecule has 0 aliphatic carbocycles. The third kappa shape index (κ3) is 6.92. The molecule has 0 unspecified atom stereocenters. The summed E-state index contributed by atoms with van der Waals surface area (Å²) in [6.45, 7) is 10.1. The van der Waals surface area contributed by atoms with E-state index in [0.29, 0.717) is 70.6 Å². The van der Waals surface area contributed by atoms with E-state index in [1.54, 1.807) is 30.3 Å². The van der Waals surface area contributed by atoms with Crippen LogP contribution in [0.15, 0.2) is 61.4 Å². The molecule has 4 aromatic rings. The Morgan fingerprint density at radius 2 is 1.98 bits per heavy atom. The van der Waals surface area contributed by atoms with E-state index in [9.17, 15) is 14.0 Å². The topological polar surface area (TPSA) is 116 Å². The van der Waals surface area contributed by atoms with E-state index < -0.39 is 6.17 Å². The predicted octanol–water partition coefficient (Wildman–Crippen LogP) is 6.34. The van der Waals surface area contributed by atoms with Gasteiger partial charge < -0.3 is 30.1 Å². The third-order valence-corrected chi connectivity index (χ3v) is 9.72. The van der Waals surface area contributed by atoms with Crippen molar-refractivity contribution in [2.75, 3.05) is 60.3 Å². The number of aryl methyl sites for hydroxylation is 1. The van der Waals surface area contributed by atoms with Crippen molar-refractivity contribution in [2.45, 2.75) is 32.5 Å². The first kappa shape index (κ1) is 33.2. The Morgan fingerprint density at radius 1 is 1.15 bits per heavy atom. The van der Waals surface area contributed by atoms with Crippen LogP contribution in [0.5, 0.6) is 5.75 Å². The monoisotopic (exact) mass is 690 g/mol. The number of amides is 2. The van der Waals surface area contributed by atoms with Crippen LogP contribution >= 0.6 is 22.9 Å². The molecule has 3 aromatic heterocycles. The van der Waals surface area contributed by atoms with Gasteiger partial charge in [0.1, 0.15) is 11.0 Å². The Labute approximate surface area is 287 Å². The zero-order valence-corrected chi connectivity index (χ0v) is 28.4. The smallest absolute Gasteiger partial charge is 0.267 e. The van der Waals surface area contributed by atoms with Gasteiger partial charge in [0, 0.05) is 50.5 Å². The van der Waals surface area contributed by atoms with E-state index in [0.717, 1.165) is 22.6 Å². The van der Waals surface area contributed by atoms with E-state index in [-0.39, 0.29) is 24.4 Å². The van der Waals surface area contributed by atoms with Crippen LogP contribution in [0, 0.1) is 6.92 Å². The first-order chi connectivity index (χ1) is 23.1. The van der Waals surface area contributed by atoms with E-state index in [1.165, 1.54) is 23.6 Å². The number of methoxy groups -OCH3 is 1. The molecule has 2 aliphatic rings. The van der Waals surface area contributed by atoms with Crippen LogP contribution in [0.2, 0.25) is 5.02 Å². The Bertz CT molecular complexity index is 1830. The van der Waals surface area contributed by atoms with Gasteiger partial charge in [-0.15, -0.1) is 0 Å². The molecule has 14 heteroatoms. The molecule has 2 aliphatic heterocycles. The molecule has 6 rings (SSSR count). The molecule has 0 saturated carbocycles. The number of pyridine rings is 2. The number of piperazine rings is 1. The minimum atomic E-state index is -0.921. The third-order valence-electron chi connectivity index (χ3n) is 8.49. The zero-order chi connectivity index (χ0) is 33.9. The van der Waals surface area contributed by atoms with Crippen molar-refractivity contribution in [3.8, 4) is 17.0 Å². The fraction of sp³-hybridized carbons (Fsp3) is 0.324. The molecule has 2 N–H and O–H groups in total. The van der Waals surface area contributed by atoms with Crippen LogP contribution in [0.1, 0.15) is 28.6 Å². The lowest BCUT2D eigenvalue weighted by atomic mass is 10.1. The lowest BCUT2D eigenvalue weighted by Gasteiger charge is -2.41. The van der Waals surface area contributed by atoms with E-state index in [2.05, 4.69) is 34.0 Å². The van der Waals surface area contributed by atoms with Gasteiger partial charge in [-0.3, -0.25) is 9.59 Å². The molecule has 1 aromatic carbocycles. The summed E-state index contributed by atoms with van der Waals surface area (Å²) < 4.78 is 20.0. The number of hydrogen-bond donors (Lipinski definition) is 2. The van der Waals surface area contributed by atoms with Crippen LogP contribution in [0.25, 0.3) is 11.3 Å². The van der Waals surface area contributed by atoms with Crippen molar-refractivity contribution in [2.24, 2.45) is 0 Å². The van der Waals surface area contributed by atoms with Gasteiger partial charge in [0.2, 0.25) is 5.91 Å². The molecule has 5 heterocycles. The number of ether oxygens (including phenoxy) is 1. The predicted molar refractivity (Wildman–Crippen MR) is 189 cm³/mol. The largest absolute Gasteiger partial charge is 0.493 e. The van der Waals surface area contributed by atoms with Gasteiger partial charge in [0.25, 0.3) is 5.91 Å². The fourth-order valence-corrected chi connectivity index (χ4v) is 6.92. The lowest BCUT2D eigenvalue weighted by molar-refractivity contribution is -0.126. The number of nitrogens with zero attached hydrogens (tertiary/aromatic N) is 6. The maximum Gasteiger partial charge on any atom is 0.267 e. The summed E-state index contributed by atoms with van der Waals surface area (Å²) >= 11 is 7.46. The molecule has 11 nitrogen and oxygen atoms in total. The van der Waals surface area contributed by atoms with E-state index in [4.69, 9.17) is 26.3 Å². The highest BCUT2D eigenvalue weighted by atomic mass is 35.5. The Hall–Kier alpha value is -4.75. The van der Waals surface area contributed by atoms with Gasteiger partial charge in [0.15, 0.2) is 22.5 Å². The van der Waals surface area contributed by atoms with Gasteiger partial charge >= 0.3 is 0 Å². The van der Waals surface area contributed by atoms with Crippen LogP contribution in [0.3, 0.4) is 0 Å². The van der Waals surface area contributed by atoms with E-state index >= 15 is 0 Å². The first-order valence-electron chi connectivity index (χ1n) is 15.6. The number of anilines is 5. The van der Waals surface area contributed by atoms with Crippen molar-refractivity contribution >= 4 is 62.9 Å². The molecule has 2 fully saturated rings. The SMILES string of the molecule is C=CC(=O)N1CCN(c2ncc(-c3ccc(OC)c(Nc4ncc(C(=O)Nc5c(C)cccc5Cl)s4)n3)cc2N2CC[C@H](F)C2)[C@@H](C)C1. The van der Waals surface area contributed by atoms with Crippen molar-refractivity contribution in [3.05, 3.63) is 76.9 Å². The molecule has 250 valence electrons. The Balaban J connectivity index is 1.26. The van der Waals surface area contributed by atoms with E-state index in [1.807, 2.05) is 36.1 Å². The molecule has 48 heavy (non-hydrogen) atoms. The minimum absolute atomic E-state index is 0.00240. The number of carbonyl (C=O) groups excluding carboxylic acids is 2. The molecule has 0 radical (unpaired) electrons. The summed E-state index contributed by atoms with van der Waals surface area (Å²) in [7, 11) is 1.55. The molecule has 2 atom stereocenters. The minimum Gasteiger partial charge on any atom is -0.493 e. The maximum atomic E-state index is 14.5. The number of alkyl halides is 1. The average molecular weight is 691 g/mol. The van der Waals surface area contributed by atoms with Crippen LogP contribution < -0.4 is 25.2 Å². The number of halogens is 2. The van der Waals surface area contributed by atoms with Crippen molar-refractivity contribution in [1.29, 1.82) is 0 Å². The highest BCUT2D eigenvalue weighted by Crippen LogP contribution is 2.37. The highest BCUT2D eigenvalue weighted by molar-refractivity contribution is 7.17. The number of benzene rings is 1. The summed E-state index contributed by atoms with van der Waals surface area (Å²) in [4.78, 5) is 45.8. The van der Waals surface area contributed by atoms with Gasteiger partial charge in [-0.2, -0.15) is 0 Å². The van der Waals surface area contributed by atoms with Gasteiger partial charge in [0.05, 0.1) is 35.4 Å². The highest BCUT2D eigenvalue weighted by Gasteiger charge is 2.32. The molecule has 2 amide bonds. The number of aromatic nitrogens is 3. The molecule has 0 spiro atoms. The first-order valence-corrected chi connectivity index (χ1v) is 16.8. The second-order valence-electron chi connectivity index (χ2n) is 11.7. The van der Waals surface area contributed by atoms with Crippen molar-refractivity contribution in [3.63, 3.8) is 0 Å². The lowest BCUT2D eigenvalue weighted by Crippen LogP contribution is -2.54. The molecular formula is C34H36ClFN8O3S. The normalized spacial score (nSPS) is 17.7. The van der Waals surface area contributed by atoms with Gasteiger partial charge in [-0.1, -0.05) is 41.6 Å². The molecule has 0 bridgehead atoms. The number of nitrogens with one attached hydrogen (secondary N) is 2. The van der Waals surface area contributed by atoms with Crippen molar-refractivity contribution < 1.29 is 18.7 Å². The Kier molecular flexibility index (Phi) is 9.78.